The second kappa shape index (κ2) is 7.08. The van der Waals surface area contributed by atoms with Gasteiger partial charge in [0.2, 0.25) is 17.1 Å². The lowest BCUT2D eigenvalue weighted by atomic mass is 9.91. The van der Waals surface area contributed by atoms with Crippen LogP contribution in [0.25, 0.3) is 0 Å². The zero-order valence-electron chi connectivity index (χ0n) is 13.6. The molecule has 2 rings (SSSR count). The Labute approximate surface area is 138 Å². The molecule has 24 heavy (non-hydrogen) atoms. The molecular formula is C17H19NO6. The number of ether oxygens (including phenoxy) is 1. The number of nitrogens with one attached hydrogen (secondary N) is 1. The van der Waals surface area contributed by atoms with E-state index in [1.807, 2.05) is 0 Å². The van der Waals surface area contributed by atoms with Crippen LogP contribution in [0.5, 0.6) is 17.2 Å². The molecule has 1 heterocycles. The Kier molecular flexibility index (Phi) is 5.13. The third kappa shape index (κ3) is 3.51. The van der Waals surface area contributed by atoms with Gasteiger partial charge in [0.05, 0.1) is 13.0 Å². The van der Waals surface area contributed by atoms with Crippen LogP contribution in [0.3, 0.4) is 0 Å². The van der Waals surface area contributed by atoms with Crippen molar-refractivity contribution >= 4 is 5.91 Å². The predicted molar refractivity (Wildman–Crippen MR) is 86.6 cm³/mol. The molecule has 1 atom stereocenters. The van der Waals surface area contributed by atoms with E-state index in [1.165, 1.54) is 32.4 Å². The summed E-state index contributed by atoms with van der Waals surface area (Å²) in [4.78, 5) is 23.7. The summed E-state index contributed by atoms with van der Waals surface area (Å²) in [6.07, 6.45) is -0.0512. The van der Waals surface area contributed by atoms with Crippen LogP contribution in [-0.2, 0) is 4.79 Å². The maximum Gasteiger partial charge on any atom is 0.227 e. The number of aryl methyl sites for hydroxylation is 1. The predicted octanol–water partition coefficient (Wildman–Crippen LogP) is 1.64. The minimum atomic E-state index is -0.716. The molecule has 0 saturated carbocycles. The summed E-state index contributed by atoms with van der Waals surface area (Å²) >= 11 is 0. The summed E-state index contributed by atoms with van der Waals surface area (Å²) in [5.41, 5.74) is -0.0290. The molecule has 7 nitrogen and oxygen atoms in total. The Hall–Kier alpha value is -2.96. The fourth-order valence-corrected chi connectivity index (χ4v) is 2.42. The first-order valence-corrected chi connectivity index (χ1v) is 7.28. The summed E-state index contributed by atoms with van der Waals surface area (Å²) in [7, 11) is 2.89. The quantitative estimate of drug-likeness (QED) is 0.767. The Morgan fingerprint density at radius 2 is 2.04 bits per heavy atom. The van der Waals surface area contributed by atoms with Gasteiger partial charge >= 0.3 is 0 Å². The molecule has 0 saturated heterocycles. The van der Waals surface area contributed by atoms with E-state index in [4.69, 9.17) is 9.15 Å². The van der Waals surface area contributed by atoms with Crippen LogP contribution in [0.1, 0.15) is 29.4 Å². The largest absolute Gasteiger partial charge is 0.504 e. The number of rotatable bonds is 5. The lowest BCUT2D eigenvalue weighted by molar-refractivity contribution is -0.120. The minimum absolute atomic E-state index is 0.00339. The molecule has 0 aliphatic heterocycles. The van der Waals surface area contributed by atoms with Crippen LogP contribution >= 0.6 is 0 Å². The van der Waals surface area contributed by atoms with Gasteiger partial charge in [-0.15, -0.1) is 0 Å². The highest BCUT2D eigenvalue weighted by Crippen LogP contribution is 2.37. The van der Waals surface area contributed by atoms with E-state index < -0.39 is 17.1 Å². The SMILES string of the molecule is CNC(=O)CC(c1ccc(O)c(OC)c1)c1oc(C)cc(=O)c1O. The zero-order chi connectivity index (χ0) is 17.9. The Balaban J connectivity index is 2.62. The van der Waals surface area contributed by atoms with Crippen molar-refractivity contribution < 1.29 is 24.2 Å². The minimum Gasteiger partial charge on any atom is -0.504 e. The number of phenols is 1. The smallest absolute Gasteiger partial charge is 0.227 e. The number of amides is 1. The molecular weight excluding hydrogens is 314 g/mol. The molecule has 128 valence electrons. The molecule has 0 fully saturated rings. The Bertz CT molecular complexity index is 811. The number of methoxy groups -OCH3 is 1. The van der Waals surface area contributed by atoms with Crippen LogP contribution in [0, 0.1) is 6.92 Å². The van der Waals surface area contributed by atoms with Crippen LogP contribution in [0.2, 0.25) is 0 Å². The number of carbonyl (C=O) groups is 1. The van der Waals surface area contributed by atoms with Crippen molar-refractivity contribution in [2.75, 3.05) is 14.2 Å². The summed E-state index contributed by atoms with van der Waals surface area (Å²) in [6.45, 7) is 1.58. The number of hydrogen-bond donors (Lipinski definition) is 3. The maximum atomic E-state index is 11.9. The zero-order valence-corrected chi connectivity index (χ0v) is 13.6. The van der Waals surface area contributed by atoms with Crippen molar-refractivity contribution in [1.29, 1.82) is 0 Å². The fraction of sp³-hybridized carbons (Fsp3) is 0.294. The van der Waals surface area contributed by atoms with Crippen molar-refractivity contribution in [2.45, 2.75) is 19.3 Å². The first-order chi connectivity index (χ1) is 11.4. The topological polar surface area (TPSA) is 109 Å². The fourth-order valence-electron chi connectivity index (χ4n) is 2.42. The Morgan fingerprint density at radius 3 is 2.67 bits per heavy atom. The normalized spacial score (nSPS) is 11.8. The second-order valence-corrected chi connectivity index (χ2v) is 5.30. The molecule has 0 radical (unpaired) electrons. The summed E-state index contributed by atoms with van der Waals surface area (Å²) < 4.78 is 10.6. The molecule has 7 heteroatoms. The van der Waals surface area contributed by atoms with Gasteiger partial charge in [-0.05, 0) is 24.6 Å². The molecule has 1 amide bonds. The van der Waals surface area contributed by atoms with Crippen LogP contribution in [-0.4, -0.2) is 30.3 Å². The number of phenolic OH excluding ortho intramolecular Hbond substituents is 1. The van der Waals surface area contributed by atoms with Gasteiger partial charge in [0.15, 0.2) is 17.3 Å². The average Bonchev–Trinajstić information content (AvgIpc) is 2.56. The van der Waals surface area contributed by atoms with Gasteiger partial charge in [0, 0.05) is 19.5 Å². The highest BCUT2D eigenvalue weighted by Gasteiger charge is 2.26. The van der Waals surface area contributed by atoms with E-state index in [1.54, 1.807) is 13.0 Å². The summed E-state index contributed by atoms with van der Waals surface area (Å²) in [5.74, 6) is -1.08. The van der Waals surface area contributed by atoms with Gasteiger partial charge in [-0.3, -0.25) is 9.59 Å². The highest BCUT2D eigenvalue weighted by atomic mass is 16.5. The van der Waals surface area contributed by atoms with Crippen molar-refractivity contribution in [3.05, 3.63) is 51.6 Å². The van der Waals surface area contributed by atoms with Gasteiger partial charge in [-0.2, -0.15) is 0 Å². The lowest BCUT2D eigenvalue weighted by Gasteiger charge is -2.18. The van der Waals surface area contributed by atoms with Crippen molar-refractivity contribution in [3.8, 4) is 17.2 Å². The maximum absolute atomic E-state index is 11.9. The molecule has 1 aromatic carbocycles. The Morgan fingerprint density at radius 1 is 1.33 bits per heavy atom. The van der Waals surface area contributed by atoms with Crippen molar-refractivity contribution in [1.82, 2.24) is 5.32 Å². The molecule has 1 unspecified atom stereocenters. The van der Waals surface area contributed by atoms with Crippen LogP contribution < -0.4 is 15.5 Å². The van der Waals surface area contributed by atoms with E-state index in [9.17, 15) is 19.8 Å². The van der Waals surface area contributed by atoms with Crippen molar-refractivity contribution in [2.24, 2.45) is 0 Å². The van der Waals surface area contributed by atoms with Crippen molar-refractivity contribution in [3.63, 3.8) is 0 Å². The molecule has 1 aromatic heterocycles. The summed E-state index contributed by atoms with van der Waals surface area (Å²) in [6, 6.07) is 5.70. The number of benzene rings is 1. The van der Waals surface area contributed by atoms with E-state index in [2.05, 4.69) is 5.32 Å². The highest BCUT2D eigenvalue weighted by molar-refractivity contribution is 5.77. The summed E-state index contributed by atoms with van der Waals surface area (Å²) in [5, 5.41) is 22.3. The van der Waals surface area contributed by atoms with Gasteiger partial charge in [-0.1, -0.05) is 6.07 Å². The van der Waals surface area contributed by atoms with E-state index >= 15 is 0 Å². The van der Waals surface area contributed by atoms with Gasteiger partial charge in [-0.25, -0.2) is 0 Å². The van der Waals surface area contributed by atoms with Gasteiger partial charge in [0.1, 0.15) is 5.76 Å². The standard InChI is InChI=1S/C17H19NO6/c1-9-6-13(20)16(22)17(24-9)11(8-15(21)18-2)10-4-5-12(19)14(7-10)23-3/h4-7,11,19,22H,8H2,1-3H3,(H,18,21). The number of hydrogen-bond acceptors (Lipinski definition) is 6. The first-order valence-electron chi connectivity index (χ1n) is 7.28. The molecule has 0 spiro atoms. The lowest BCUT2D eigenvalue weighted by Crippen LogP contribution is -2.21. The number of carbonyl (C=O) groups excluding carboxylic acids is 1. The second-order valence-electron chi connectivity index (χ2n) is 5.30. The molecule has 0 aliphatic rings. The van der Waals surface area contributed by atoms with Gasteiger partial charge < -0.3 is 24.7 Å². The molecule has 0 bridgehead atoms. The third-order valence-electron chi connectivity index (χ3n) is 3.66. The van der Waals surface area contributed by atoms with E-state index in [-0.39, 0.29) is 29.6 Å². The van der Waals surface area contributed by atoms with E-state index in [0.29, 0.717) is 11.3 Å². The monoisotopic (exact) mass is 333 g/mol. The molecule has 0 aliphatic carbocycles. The molecule has 3 N–H and O–H groups in total. The van der Waals surface area contributed by atoms with E-state index in [0.717, 1.165) is 0 Å². The first kappa shape index (κ1) is 17.4. The molecule has 2 aromatic rings. The van der Waals surface area contributed by atoms with Gasteiger partial charge in [0.25, 0.3) is 0 Å². The number of aromatic hydroxyl groups is 2. The van der Waals surface area contributed by atoms with Crippen LogP contribution in [0.4, 0.5) is 0 Å². The third-order valence-corrected chi connectivity index (χ3v) is 3.66. The van der Waals surface area contributed by atoms with Crippen LogP contribution in [0.15, 0.2) is 33.5 Å². The average molecular weight is 333 g/mol.